The summed E-state index contributed by atoms with van der Waals surface area (Å²) in [6.07, 6.45) is 4.28. The van der Waals surface area contributed by atoms with Crippen LogP contribution in [-0.4, -0.2) is 55.5 Å². The molecule has 2 aromatic carbocycles. The monoisotopic (exact) mass is 547 g/mol. The van der Waals surface area contributed by atoms with Crippen LogP contribution >= 0.6 is 11.6 Å². The lowest BCUT2D eigenvalue weighted by Gasteiger charge is -2.48. The van der Waals surface area contributed by atoms with Crippen molar-refractivity contribution < 1.29 is 9.18 Å². The summed E-state index contributed by atoms with van der Waals surface area (Å²) in [6.45, 7) is 4.84. The molecule has 0 radical (unpaired) electrons. The number of nitriles is 2. The standard InChI is InChI=1S/C31H35ClFN5O/c32-16-30(39)36-29-6-2-5-28(29)31(21-35,25-3-1-4-26(33)15-25)24-11-13-37(14-12-24)18-23-19-38(20-23)27-9-7-22(17-34)8-10-27/h1,3-4,7-10,15,23-24,28-29H,2,5-6,11-14,16,18-20H2,(H,36,39)/t28-,29-,31?/m0/s1. The van der Waals surface area contributed by atoms with Crippen molar-refractivity contribution >= 4 is 23.2 Å². The molecule has 1 amide bonds. The first-order valence-corrected chi connectivity index (χ1v) is 14.5. The van der Waals surface area contributed by atoms with Gasteiger partial charge in [0.1, 0.15) is 11.7 Å². The Balaban J connectivity index is 1.26. The van der Waals surface area contributed by atoms with Crippen LogP contribution in [-0.2, 0) is 10.2 Å². The Bertz CT molecular complexity index is 1240. The molecule has 0 aromatic heterocycles. The van der Waals surface area contributed by atoms with Crippen LogP contribution in [0.4, 0.5) is 10.1 Å². The molecule has 0 bridgehead atoms. The number of piperidine rings is 1. The van der Waals surface area contributed by atoms with Crippen molar-refractivity contribution in [3.8, 4) is 12.1 Å². The molecule has 5 rings (SSSR count). The van der Waals surface area contributed by atoms with Crippen LogP contribution in [0.25, 0.3) is 0 Å². The first-order chi connectivity index (χ1) is 19.0. The zero-order chi connectivity index (χ0) is 27.4. The molecular weight excluding hydrogens is 513 g/mol. The minimum atomic E-state index is -0.863. The van der Waals surface area contributed by atoms with Crippen molar-refractivity contribution in [2.75, 3.05) is 43.5 Å². The van der Waals surface area contributed by atoms with Crippen molar-refractivity contribution in [1.82, 2.24) is 10.2 Å². The summed E-state index contributed by atoms with van der Waals surface area (Å²) >= 11 is 5.80. The number of anilines is 1. The molecule has 3 atom stereocenters. The molecule has 1 saturated carbocycles. The van der Waals surface area contributed by atoms with Gasteiger partial charge < -0.3 is 15.1 Å². The predicted octanol–water partition coefficient (Wildman–Crippen LogP) is 4.83. The van der Waals surface area contributed by atoms with E-state index >= 15 is 0 Å². The molecule has 1 N–H and O–H groups in total. The first-order valence-electron chi connectivity index (χ1n) is 14.0. The van der Waals surface area contributed by atoms with E-state index in [1.165, 1.54) is 12.1 Å². The second-order valence-corrected chi connectivity index (χ2v) is 11.6. The fourth-order valence-corrected chi connectivity index (χ4v) is 7.32. The molecule has 6 nitrogen and oxygen atoms in total. The smallest absolute Gasteiger partial charge is 0.235 e. The van der Waals surface area contributed by atoms with Gasteiger partial charge in [0.25, 0.3) is 0 Å². The van der Waals surface area contributed by atoms with Gasteiger partial charge in [-0.15, -0.1) is 11.6 Å². The average Bonchev–Trinajstić information content (AvgIpc) is 3.40. The number of alkyl halides is 1. The van der Waals surface area contributed by atoms with E-state index in [4.69, 9.17) is 16.9 Å². The van der Waals surface area contributed by atoms with Gasteiger partial charge in [-0.1, -0.05) is 18.6 Å². The molecule has 2 aromatic rings. The highest BCUT2D eigenvalue weighted by Crippen LogP contribution is 2.50. The normalized spacial score (nSPS) is 23.8. The number of hydrogen-bond acceptors (Lipinski definition) is 5. The van der Waals surface area contributed by atoms with Crippen LogP contribution < -0.4 is 10.2 Å². The minimum Gasteiger partial charge on any atom is -0.371 e. The van der Waals surface area contributed by atoms with Gasteiger partial charge in [-0.05, 0) is 86.7 Å². The summed E-state index contributed by atoms with van der Waals surface area (Å²) in [7, 11) is 0. The first kappa shape index (κ1) is 27.4. The fraction of sp³-hybridized carbons (Fsp3) is 0.516. The molecule has 3 fully saturated rings. The third-order valence-electron chi connectivity index (χ3n) is 9.12. The molecular formula is C31H35ClFN5O. The molecule has 204 valence electrons. The lowest BCUT2D eigenvalue weighted by atomic mass is 9.59. The number of hydrogen-bond donors (Lipinski definition) is 1. The van der Waals surface area contributed by atoms with E-state index in [-0.39, 0.29) is 35.5 Å². The van der Waals surface area contributed by atoms with Crippen LogP contribution in [0.3, 0.4) is 0 Å². The van der Waals surface area contributed by atoms with Crippen molar-refractivity contribution in [3.63, 3.8) is 0 Å². The molecule has 0 spiro atoms. The van der Waals surface area contributed by atoms with Gasteiger partial charge in [0, 0.05) is 43.2 Å². The van der Waals surface area contributed by atoms with Crippen molar-refractivity contribution in [2.24, 2.45) is 17.8 Å². The van der Waals surface area contributed by atoms with Crippen LogP contribution in [0.5, 0.6) is 0 Å². The summed E-state index contributed by atoms with van der Waals surface area (Å²) in [4.78, 5) is 17.1. The van der Waals surface area contributed by atoms with E-state index in [1.807, 2.05) is 30.3 Å². The Morgan fingerprint density at radius 3 is 2.46 bits per heavy atom. The van der Waals surface area contributed by atoms with Crippen LogP contribution in [0, 0.1) is 46.2 Å². The van der Waals surface area contributed by atoms with Crippen molar-refractivity contribution in [2.45, 2.75) is 43.6 Å². The number of amides is 1. The number of nitrogens with one attached hydrogen (secondary N) is 1. The van der Waals surface area contributed by atoms with Crippen LogP contribution in [0.1, 0.15) is 43.2 Å². The summed E-state index contributed by atoms with van der Waals surface area (Å²) in [5, 5.41) is 22.9. The summed E-state index contributed by atoms with van der Waals surface area (Å²) in [5.41, 5.74) is 1.70. The highest BCUT2D eigenvalue weighted by Gasteiger charge is 2.52. The van der Waals surface area contributed by atoms with Crippen molar-refractivity contribution in [1.29, 1.82) is 10.5 Å². The number of likely N-dealkylation sites (tertiary alicyclic amines) is 1. The number of carbonyl (C=O) groups is 1. The van der Waals surface area contributed by atoms with Crippen molar-refractivity contribution in [3.05, 3.63) is 65.5 Å². The highest BCUT2D eigenvalue weighted by molar-refractivity contribution is 6.27. The van der Waals surface area contributed by atoms with Crippen LogP contribution in [0.2, 0.25) is 0 Å². The molecule has 2 heterocycles. The molecule has 8 heteroatoms. The largest absolute Gasteiger partial charge is 0.371 e. The maximum absolute atomic E-state index is 14.5. The molecule has 2 aliphatic heterocycles. The number of carbonyl (C=O) groups excluding carboxylic acids is 1. The topological polar surface area (TPSA) is 83.2 Å². The van der Waals surface area contributed by atoms with Gasteiger partial charge in [-0.2, -0.15) is 10.5 Å². The maximum Gasteiger partial charge on any atom is 0.235 e. The molecule has 2 saturated heterocycles. The lowest BCUT2D eigenvalue weighted by Crippen LogP contribution is -2.55. The van der Waals surface area contributed by atoms with E-state index in [0.29, 0.717) is 11.5 Å². The SMILES string of the molecule is N#Cc1ccc(N2CC(CN3CCC(C(C#N)(c4cccc(F)c4)[C@H]4CCC[C@@H]4NC(=O)CCl)CC3)C2)cc1. The second kappa shape index (κ2) is 11.9. The van der Waals surface area contributed by atoms with Gasteiger partial charge in [-0.25, -0.2) is 4.39 Å². The maximum atomic E-state index is 14.5. The lowest BCUT2D eigenvalue weighted by molar-refractivity contribution is -0.119. The number of benzene rings is 2. The Morgan fingerprint density at radius 1 is 1.08 bits per heavy atom. The Labute approximate surface area is 235 Å². The zero-order valence-corrected chi connectivity index (χ0v) is 22.9. The second-order valence-electron chi connectivity index (χ2n) is 11.3. The fourth-order valence-electron chi connectivity index (χ4n) is 7.24. The Morgan fingerprint density at radius 2 is 1.82 bits per heavy atom. The third kappa shape index (κ3) is 5.62. The number of halogens is 2. The van der Waals surface area contributed by atoms with Gasteiger partial charge in [0.05, 0.1) is 23.1 Å². The van der Waals surface area contributed by atoms with Gasteiger partial charge in [-0.3, -0.25) is 4.79 Å². The highest BCUT2D eigenvalue weighted by atomic mass is 35.5. The number of rotatable bonds is 8. The Kier molecular flexibility index (Phi) is 8.40. The minimum absolute atomic E-state index is 0.0793. The van der Waals surface area contributed by atoms with E-state index in [9.17, 15) is 14.4 Å². The predicted molar refractivity (Wildman–Crippen MR) is 150 cm³/mol. The van der Waals surface area contributed by atoms with E-state index in [2.05, 4.69) is 27.3 Å². The summed E-state index contributed by atoms with van der Waals surface area (Å²) in [5.74, 6) is -0.0710. The van der Waals surface area contributed by atoms with Gasteiger partial charge >= 0.3 is 0 Å². The van der Waals surface area contributed by atoms with Gasteiger partial charge in [0.15, 0.2) is 0 Å². The molecule has 1 unspecified atom stereocenters. The van der Waals surface area contributed by atoms with Crippen LogP contribution in [0.15, 0.2) is 48.5 Å². The van der Waals surface area contributed by atoms with E-state index < -0.39 is 5.41 Å². The average molecular weight is 548 g/mol. The van der Waals surface area contributed by atoms with Gasteiger partial charge in [0.2, 0.25) is 5.91 Å². The third-order valence-corrected chi connectivity index (χ3v) is 9.37. The van der Waals surface area contributed by atoms with E-state index in [1.54, 1.807) is 6.07 Å². The Hall–Kier alpha value is -3.13. The summed E-state index contributed by atoms with van der Waals surface area (Å²) < 4.78 is 14.5. The molecule has 3 aliphatic rings. The zero-order valence-electron chi connectivity index (χ0n) is 22.2. The molecule has 1 aliphatic carbocycles. The number of nitrogens with zero attached hydrogens (tertiary/aromatic N) is 4. The molecule has 39 heavy (non-hydrogen) atoms. The summed E-state index contributed by atoms with van der Waals surface area (Å²) in [6, 6.07) is 19.0. The van der Waals surface area contributed by atoms with E-state index in [0.717, 1.165) is 76.1 Å². The quantitative estimate of drug-likeness (QED) is 0.479.